The Labute approximate surface area is 190 Å². The third-order valence-corrected chi connectivity index (χ3v) is 8.22. The van der Waals surface area contributed by atoms with E-state index in [9.17, 15) is 16.8 Å². The Bertz CT molecular complexity index is 1130. The van der Waals surface area contributed by atoms with Gasteiger partial charge in [0.2, 0.25) is 10.0 Å². The number of nitrogens with zero attached hydrogens (tertiary/aromatic N) is 1. The summed E-state index contributed by atoms with van der Waals surface area (Å²) in [6.07, 6.45) is 0.807. The number of methoxy groups -OCH3 is 2. The molecule has 0 unspecified atom stereocenters. The number of anilines is 2. The van der Waals surface area contributed by atoms with Gasteiger partial charge in [-0.3, -0.25) is 4.72 Å². The SMILES string of the molecule is CCCNc1ccc(S(=O)(=O)N(CC)CC)cc1NS(=O)(=O)c1ccc(OC)c(OC)c1. The number of rotatable bonds is 12. The Morgan fingerprint density at radius 1 is 0.812 bits per heavy atom. The fraction of sp³-hybridized carbons (Fsp3) is 0.429. The summed E-state index contributed by atoms with van der Waals surface area (Å²) >= 11 is 0. The van der Waals surface area contributed by atoms with Crippen LogP contribution >= 0.6 is 0 Å². The van der Waals surface area contributed by atoms with Crippen molar-refractivity contribution in [3.8, 4) is 11.5 Å². The smallest absolute Gasteiger partial charge is 0.262 e. The lowest BCUT2D eigenvalue weighted by atomic mass is 10.2. The number of hydrogen-bond donors (Lipinski definition) is 2. The molecule has 11 heteroatoms. The van der Waals surface area contributed by atoms with Gasteiger partial charge in [0.1, 0.15) is 0 Å². The zero-order valence-corrected chi connectivity index (χ0v) is 20.6. The molecule has 2 aromatic rings. The van der Waals surface area contributed by atoms with Gasteiger partial charge in [-0.1, -0.05) is 20.8 Å². The Balaban J connectivity index is 2.54. The van der Waals surface area contributed by atoms with Gasteiger partial charge in [0.25, 0.3) is 10.0 Å². The number of nitrogens with one attached hydrogen (secondary N) is 2. The minimum Gasteiger partial charge on any atom is -0.493 e. The number of hydrogen-bond acceptors (Lipinski definition) is 7. The van der Waals surface area contributed by atoms with Gasteiger partial charge in [0, 0.05) is 25.7 Å². The predicted octanol–water partition coefficient (Wildman–Crippen LogP) is 3.36. The molecule has 0 saturated heterocycles. The van der Waals surface area contributed by atoms with Crippen LogP contribution in [0.2, 0.25) is 0 Å². The molecule has 0 atom stereocenters. The first-order valence-corrected chi connectivity index (χ1v) is 13.2. The number of ether oxygens (including phenoxy) is 2. The van der Waals surface area contributed by atoms with Crippen molar-refractivity contribution in [2.45, 2.75) is 37.0 Å². The molecule has 0 radical (unpaired) electrons. The molecule has 0 aromatic heterocycles. The molecular formula is C21H31N3O6S2. The summed E-state index contributed by atoms with van der Waals surface area (Å²) in [5.74, 6) is 0.654. The molecule has 0 heterocycles. The fourth-order valence-electron chi connectivity index (χ4n) is 3.08. The summed E-state index contributed by atoms with van der Waals surface area (Å²) < 4.78 is 66.3. The van der Waals surface area contributed by atoms with E-state index in [-0.39, 0.29) is 21.2 Å². The molecule has 0 aliphatic heterocycles. The summed E-state index contributed by atoms with van der Waals surface area (Å²) in [5, 5.41) is 3.13. The summed E-state index contributed by atoms with van der Waals surface area (Å²) in [7, 11) is -4.94. The molecule has 2 N–H and O–H groups in total. The fourth-order valence-corrected chi connectivity index (χ4v) is 5.65. The van der Waals surface area contributed by atoms with Crippen molar-refractivity contribution in [3.05, 3.63) is 36.4 Å². The minimum absolute atomic E-state index is 0.00765. The maximum atomic E-state index is 13.1. The van der Waals surface area contributed by atoms with Gasteiger partial charge in [-0.25, -0.2) is 16.8 Å². The zero-order chi connectivity index (χ0) is 23.9. The highest BCUT2D eigenvalue weighted by Crippen LogP contribution is 2.32. The second-order valence-electron chi connectivity index (χ2n) is 6.85. The van der Waals surface area contributed by atoms with Crippen LogP contribution in [0.4, 0.5) is 11.4 Å². The summed E-state index contributed by atoms with van der Waals surface area (Å²) in [6, 6.07) is 8.60. The van der Waals surface area contributed by atoms with Crippen LogP contribution in [0.15, 0.2) is 46.2 Å². The largest absolute Gasteiger partial charge is 0.493 e. The summed E-state index contributed by atoms with van der Waals surface area (Å²) in [5.41, 5.74) is 0.621. The van der Waals surface area contributed by atoms with Crippen molar-refractivity contribution < 1.29 is 26.3 Å². The van der Waals surface area contributed by atoms with Gasteiger partial charge in [-0.05, 0) is 36.8 Å². The van der Waals surface area contributed by atoms with Crippen molar-refractivity contribution in [1.82, 2.24) is 4.31 Å². The number of benzene rings is 2. The molecule has 178 valence electrons. The lowest BCUT2D eigenvalue weighted by Crippen LogP contribution is -2.30. The van der Waals surface area contributed by atoms with E-state index in [0.29, 0.717) is 31.1 Å². The predicted molar refractivity (Wildman–Crippen MR) is 126 cm³/mol. The minimum atomic E-state index is -4.05. The quantitative estimate of drug-likeness (QED) is 0.474. The standard InChI is InChI=1S/C21H31N3O6S2/c1-6-13-22-18-11-9-17(32(27,28)24(7-2)8-3)14-19(18)23-31(25,26)16-10-12-20(29-4)21(15-16)30-5/h9-12,14-15,22-23H,6-8,13H2,1-5H3. The van der Waals surface area contributed by atoms with Gasteiger partial charge in [-0.15, -0.1) is 0 Å². The number of sulfonamides is 2. The Kier molecular flexibility index (Phi) is 8.76. The van der Waals surface area contributed by atoms with E-state index in [1.165, 1.54) is 48.9 Å². The Morgan fingerprint density at radius 2 is 1.44 bits per heavy atom. The first-order valence-electron chi connectivity index (χ1n) is 10.3. The van der Waals surface area contributed by atoms with Gasteiger partial charge in [-0.2, -0.15) is 4.31 Å². The van der Waals surface area contributed by atoms with Crippen LogP contribution in [0.25, 0.3) is 0 Å². The monoisotopic (exact) mass is 485 g/mol. The molecule has 0 bridgehead atoms. The third-order valence-electron chi connectivity index (χ3n) is 4.81. The first-order chi connectivity index (χ1) is 15.1. The molecule has 0 spiro atoms. The van der Waals surface area contributed by atoms with E-state index >= 15 is 0 Å². The molecule has 0 aliphatic carbocycles. The van der Waals surface area contributed by atoms with E-state index in [0.717, 1.165) is 6.42 Å². The van der Waals surface area contributed by atoms with E-state index in [4.69, 9.17) is 9.47 Å². The van der Waals surface area contributed by atoms with Gasteiger partial charge < -0.3 is 14.8 Å². The van der Waals surface area contributed by atoms with Gasteiger partial charge in [0.15, 0.2) is 11.5 Å². The molecule has 32 heavy (non-hydrogen) atoms. The molecular weight excluding hydrogens is 454 g/mol. The van der Waals surface area contributed by atoms with Gasteiger partial charge in [0.05, 0.1) is 35.4 Å². The highest BCUT2D eigenvalue weighted by atomic mass is 32.2. The second kappa shape index (κ2) is 10.9. The summed E-state index contributed by atoms with van der Waals surface area (Å²) in [4.78, 5) is -0.0399. The van der Waals surface area contributed by atoms with E-state index < -0.39 is 20.0 Å². The lowest BCUT2D eigenvalue weighted by Gasteiger charge is -2.20. The van der Waals surface area contributed by atoms with E-state index in [1.807, 2.05) is 6.92 Å². The average Bonchev–Trinajstić information content (AvgIpc) is 2.78. The molecule has 0 saturated carbocycles. The zero-order valence-electron chi connectivity index (χ0n) is 19.0. The average molecular weight is 486 g/mol. The van der Waals surface area contributed by atoms with Crippen LogP contribution in [-0.4, -0.2) is 55.0 Å². The van der Waals surface area contributed by atoms with Crippen molar-refractivity contribution in [3.63, 3.8) is 0 Å². The first kappa shape index (κ1) is 25.8. The highest BCUT2D eigenvalue weighted by Gasteiger charge is 2.24. The van der Waals surface area contributed by atoms with Crippen molar-refractivity contribution in [2.75, 3.05) is 43.9 Å². The Hall–Kier alpha value is -2.50. The van der Waals surface area contributed by atoms with Crippen molar-refractivity contribution >= 4 is 31.4 Å². The molecule has 0 fully saturated rings. The van der Waals surface area contributed by atoms with Crippen LogP contribution in [0.1, 0.15) is 27.2 Å². The normalized spacial score (nSPS) is 11.9. The topological polar surface area (TPSA) is 114 Å². The van der Waals surface area contributed by atoms with E-state index in [2.05, 4.69) is 10.0 Å². The second-order valence-corrected chi connectivity index (χ2v) is 10.5. The molecule has 0 aliphatic rings. The van der Waals surface area contributed by atoms with Crippen LogP contribution in [0.5, 0.6) is 11.5 Å². The van der Waals surface area contributed by atoms with Crippen LogP contribution < -0.4 is 19.5 Å². The third kappa shape index (κ3) is 5.64. The molecule has 0 amide bonds. The van der Waals surface area contributed by atoms with Crippen LogP contribution in [0.3, 0.4) is 0 Å². The van der Waals surface area contributed by atoms with Crippen LogP contribution in [-0.2, 0) is 20.0 Å². The van der Waals surface area contributed by atoms with Gasteiger partial charge >= 0.3 is 0 Å². The summed E-state index contributed by atoms with van der Waals surface area (Å²) in [6.45, 7) is 6.67. The maximum absolute atomic E-state index is 13.1. The van der Waals surface area contributed by atoms with Crippen LogP contribution in [0, 0.1) is 0 Å². The van der Waals surface area contributed by atoms with E-state index in [1.54, 1.807) is 19.9 Å². The molecule has 2 rings (SSSR count). The maximum Gasteiger partial charge on any atom is 0.262 e. The van der Waals surface area contributed by atoms with Crippen molar-refractivity contribution in [2.24, 2.45) is 0 Å². The Morgan fingerprint density at radius 3 is 2.00 bits per heavy atom. The lowest BCUT2D eigenvalue weighted by molar-refractivity contribution is 0.354. The molecule has 2 aromatic carbocycles. The highest BCUT2D eigenvalue weighted by molar-refractivity contribution is 7.92. The van der Waals surface area contributed by atoms with Crippen molar-refractivity contribution in [1.29, 1.82) is 0 Å². The molecule has 9 nitrogen and oxygen atoms in total.